The van der Waals surface area contributed by atoms with E-state index < -0.39 is 6.10 Å². The smallest absolute Gasteiger partial charge is 0.253 e. The van der Waals surface area contributed by atoms with Gasteiger partial charge in [-0.15, -0.1) is 0 Å². The van der Waals surface area contributed by atoms with E-state index in [4.69, 9.17) is 4.74 Å². The van der Waals surface area contributed by atoms with Gasteiger partial charge >= 0.3 is 0 Å². The number of rotatable bonds is 1. The Morgan fingerprint density at radius 3 is 3.07 bits per heavy atom. The molecule has 0 saturated heterocycles. The van der Waals surface area contributed by atoms with Gasteiger partial charge < -0.3 is 10.1 Å². The van der Waals surface area contributed by atoms with Crippen molar-refractivity contribution in [2.24, 2.45) is 0 Å². The van der Waals surface area contributed by atoms with Gasteiger partial charge in [-0.3, -0.25) is 4.79 Å². The van der Waals surface area contributed by atoms with Crippen molar-refractivity contribution in [3.63, 3.8) is 0 Å². The number of hydrogen-bond donors (Lipinski definition) is 1. The first kappa shape index (κ1) is 9.21. The van der Waals surface area contributed by atoms with Crippen molar-refractivity contribution >= 4 is 5.91 Å². The topological polar surface area (TPSA) is 38.3 Å². The van der Waals surface area contributed by atoms with Gasteiger partial charge in [0.25, 0.3) is 5.91 Å². The molecule has 2 rings (SSSR count). The molecule has 3 nitrogen and oxygen atoms in total. The summed E-state index contributed by atoms with van der Waals surface area (Å²) in [5.74, 6) is -0.0721. The Morgan fingerprint density at radius 2 is 2.29 bits per heavy atom. The van der Waals surface area contributed by atoms with E-state index in [0.29, 0.717) is 6.61 Å². The van der Waals surface area contributed by atoms with Gasteiger partial charge in [-0.05, 0) is 17.5 Å². The number of hydrogen-bond acceptors (Lipinski definition) is 2. The second kappa shape index (κ2) is 3.80. The number of carbonyl (C=O) groups excluding carboxylic acids is 1. The van der Waals surface area contributed by atoms with Gasteiger partial charge in [-0.25, -0.2) is 0 Å². The highest BCUT2D eigenvalue weighted by Crippen LogP contribution is 2.26. The highest BCUT2D eigenvalue weighted by Gasteiger charge is 2.25. The molecule has 0 aromatic heterocycles. The molecule has 1 amide bonds. The van der Waals surface area contributed by atoms with Gasteiger partial charge in [0.2, 0.25) is 0 Å². The van der Waals surface area contributed by atoms with Gasteiger partial charge in [-0.2, -0.15) is 0 Å². The maximum atomic E-state index is 11.5. The van der Waals surface area contributed by atoms with E-state index in [2.05, 4.69) is 5.32 Å². The summed E-state index contributed by atoms with van der Waals surface area (Å²) in [5.41, 5.74) is 2.21. The number of carbonyl (C=O) groups is 1. The van der Waals surface area contributed by atoms with E-state index in [1.165, 1.54) is 5.56 Å². The standard InChI is InChI=1S/C11H13NO2/c1-12-11(13)10-9-5-3-2-4-8(9)6-7-14-10/h2-5,10H,6-7H2,1H3,(H,12,13)/t10-/m1/s1. The molecular formula is C11H13NO2. The summed E-state index contributed by atoms with van der Waals surface area (Å²) in [5, 5.41) is 2.61. The normalized spacial score (nSPS) is 19.9. The lowest BCUT2D eigenvalue weighted by Gasteiger charge is -2.24. The van der Waals surface area contributed by atoms with Crippen molar-refractivity contribution in [3.8, 4) is 0 Å². The Labute approximate surface area is 83.1 Å². The molecule has 0 spiro atoms. The first-order valence-electron chi connectivity index (χ1n) is 4.74. The number of fused-ring (bicyclic) bond motifs is 1. The van der Waals surface area contributed by atoms with Gasteiger partial charge in [-0.1, -0.05) is 24.3 Å². The minimum Gasteiger partial charge on any atom is -0.363 e. The molecule has 74 valence electrons. The maximum Gasteiger partial charge on any atom is 0.253 e. The fourth-order valence-electron chi connectivity index (χ4n) is 1.74. The van der Waals surface area contributed by atoms with Crippen molar-refractivity contribution in [2.45, 2.75) is 12.5 Å². The Bertz CT molecular complexity index is 349. The number of benzene rings is 1. The van der Waals surface area contributed by atoms with Crippen molar-refractivity contribution in [1.29, 1.82) is 0 Å². The summed E-state index contributed by atoms with van der Waals surface area (Å²) in [6.45, 7) is 0.620. The number of likely N-dealkylation sites (N-methyl/N-ethyl adjacent to an activating group) is 1. The summed E-state index contributed by atoms with van der Waals surface area (Å²) in [4.78, 5) is 11.5. The molecule has 1 aromatic carbocycles. The van der Waals surface area contributed by atoms with E-state index in [-0.39, 0.29) is 5.91 Å². The number of amides is 1. The quantitative estimate of drug-likeness (QED) is 0.720. The minimum absolute atomic E-state index is 0.0721. The Kier molecular flexibility index (Phi) is 2.50. The van der Waals surface area contributed by atoms with E-state index in [1.807, 2.05) is 24.3 Å². The van der Waals surface area contributed by atoms with Crippen LogP contribution in [0.15, 0.2) is 24.3 Å². The second-order valence-corrected chi connectivity index (χ2v) is 3.31. The number of nitrogens with one attached hydrogen (secondary N) is 1. The molecule has 0 bridgehead atoms. The lowest BCUT2D eigenvalue weighted by molar-refractivity contribution is -0.133. The van der Waals surface area contributed by atoms with Crippen LogP contribution in [0, 0.1) is 0 Å². The van der Waals surface area contributed by atoms with E-state index in [1.54, 1.807) is 7.05 Å². The van der Waals surface area contributed by atoms with Gasteiger partial charge in [0.1, 0.15) is 0 Å². The predicted octanol–water partition coefficient (Wildman–Crippen LogP) is 1.05. The van der Waals surface area contributed by atoms with E-state index in [9.17, 15) is 4.79 Å². The van der Waals surface area contributed by atoms with Crippen LogP contribution in [-0.4, -0.2) is 19.6 Å². The van der Waals surface area contributed by atoms with Crippen LogP contribution in [0.2, 0.25) is 0 Å². The SMILES string of the molecule is CNC(=O)[C@@H]1OCCc2ccccc21. The molecule has 0 aliphatic carbocycles. The van der Waals surface area contributed by atoms with Crippen LogP contribution >= 0.6 is 0 Å². The third kappa shape index (κ3) is 1.51. The Morgan fingerprint density at radius 1 is 1.50 bits per heavy atom. The molecule has 1 aromatic rings. The van der Waals surface area contributed by atoms with Crippen molar-refractivity contribution < 1.29 is 9.53 Å². The van der Waals surface area contributed by atoms with Gasteiger partial charge in [0, 0.05) is 7.05 Å². The summed E-state index contributed by atoms with van der Waals surface area (Å²) in [6.07, 6.45) is 0.467. The molecular weight excluding hydrogens is 178 g/mol. The zero-order valence-corrected chi connectivity index (χ0v) is 8.12. The lowest BCUT2D eigenvalue weighted by atomic mass is 9.97. The molecule has 0 radical (unpaired) electrons. The molecule has 1 atom stereocenters. The molecule has 0 unspecified atom stereocenters. The van der Waals surface area contributed by atoms with Gasteiger partial charge in [0.15, 0.2) is 6.10 Å². The summed E-state index contributed by atoms with van der Waals surface area (Å²) >= 11 is 0. The molecule has 1 aliphatic heterocycles. The van der Waals surface area contributed by atoms with Crippen LogP contribution in [0.4, 0.5) is 0 Å². The zero-order chi connectivity index (χ0) is 9.97. The fourth-order valence-corrected chi connectivity index (χ4v) is 1.74. The molecule has 0 saturated carbocycles. The van der Waals surface area contributed by atoms with Crippen LogP contribution < -0.4 is 5.32 Å². The molecule has 3 heteroatoms. The summed E-state index contributed by atoms with van der Waals surface area (Å²) in [6, 6.07) is 7.93. The minimum atomic E-state index is -0.426. The van der Waals surface area contributed by atoms with Crippen molar-refractivity contribution in [2.75, 3.05) is 13.7 Å². The van der Waals surface area contributed by atoms with E-state index in [0.717, 1.165) is 12.0 Å². The molecule has 14 heavy (non-hydrogen) atoms. The predicted molar refractivity (Wildman–Crippen MR) is 52.9 cm³/mol. The monoisotopic (exact) mass is 191 g/mol. The molecule has 1 N–H and O–H groups in total. The fraction of sp³-hybridized carbons (Fsp3) is 0.364. The first-order valence-corrected chi connectivity index (χ1v) is 4.74. The Hall–Kier alpha value is -1.35. The molecule has 1 heterocycles. The third-order valence-electron chi connectivity index (χ3n) is 2.48. The summed E-state index contributed by atoms with van der Waals surface area (Å²) < 4.78 is 5.45. The van der Waals surface area contributed by atoms with Crippen molar-refractivity contribution in [1.82, 2.24) is 5.32 Å². The zero-order valence-electron chi connectivity index (χ0n) is 8.12. The maximum absolute atomic E-state index is 11.5. The number of ether oxygens (including phenoxy) is 1. The van der Waals surface area contributed by atoms with Crippen LogP contribution in [0.5, 0.6) is 0 Å². The Balaban J connectivity index is 2.35. The van der Waals surface area contributed by atoms with Crippen LogP contribution in [0.1, 0.15) is 17.2 Å². The summed E-state index contributed by atoms with van der Waals surface area (Å²) in [7, 11) is 1.63. The molecule has 0 fully saturated rings. The molecule has 1 aliphatic rings. The second-order valence-electron chi connectivity index (χ2n) is 3.31. The third-order valence-corrected chi connectivity index (χ3v) is 2.48. The van der Waals surface area contributed by atoms with Gasteiger partial charge in [0.05, 0.1) is 6.61 Å². The van der Waals surface area contributed by atoms with Crippen LogP contribution in [0.3, 0.4) is 0 Å². The van der Waals surface area contributed by atoms with E-state index >= 15 is 0 Å². The van der Waals surface area contributed by atoms with Crippen molar-refractivity contribution in [3.05, 3.63) is 35.4 Å². The largest absolute Gasteiger partial charge is 0.363 e. The average Bonchev–Trinajstić information content (AvgIpc) is 2.27. The highest BCUT2D eigenvalue weighted by atomic mass is 16.5. The first-order chi connectivity index (χ1) is 6.83. The van der Waals surface area contributed by atoms with Crippen LogP contribution in [-0.2, 0) is 16.0 Å². The average molecular weight is 191 g/mol. The van der Waals surface area contributed by atoms with Crippen LogP contribution in [0.25, 0.3) is 0 Å². The highest BCUT2D eigenvalue weighted by molar-refractivity contribution is 5.82. The lowest BCUT2D eigenvalue weighted by Crippen LogP contribution is -2.31.